The fraction of sp³-hybridized carbons (Fsp3) is 0.333. The molecule has 1 fully saturated rings. The third kappa shape index (κ3) is 4.19. The molecule has 0 spiro atoms. The maximum Gasteiger partial charge on any atom is 0.230 e. The first-order valence-corrected chi connectivity index (χ1v) is 9.56. The Morgan fingerprint density at radius 3 is 2.75 bits per heavy atom. The van der Waals surface area contributed by atoms with Crippen LogP contribution in [0.2, 0.25) is 0 Å². The zero-order valence-electron chi connectivity index (χ0n) is 15.8. The van der Waals surface area contributed by atoms with Crippen LogP contribution in [0.15, 0.2) is 48.8 Å². The lowest BCUT2D eigenvalue weighted by Crippen LogP contribution is -2.34. The lowest BCUT2D eigenvalue weighted by molar-refractivity contribution is -0.131. The molecule has 3 aromatic rings. The van der Waals surface area contributed by atoms with E-state index in [-0.39, 0.29) is 12.3 Å². The number of amides is 1. The SMILES string of the molecule is CCOc1ccccc1CN(C(=O)Cc1nc(-c2ccncc2)n[nH]1)C1CC1. The van der Waals surface area contributed by atoms with Gasteiger partial charge in [0.1, 0.15) is 11.6 Å². The second kappa shape index (κ2) is 8.21. The number of hydrogen-bond donors (Lipinski definition) is 1. The summed E-state index contributed by atoms with van der Waals surface area (Å²) in [6.45, 7) is 3.11. The van der Waals surface area contributed by atoms with Crippen molar-refractivity contribution >= 4 is 5.91 Å². The predicted molar refractivity (Wildman–Crippen MR) is 105 cm³/mol. The Morgan fingerprint density at radius 2 is 2.00 bits per heavy atom. The maximum absolute atomic E-state index is 13.0. The number of ether oxygens (including phenoxy) is 1. The first kappa shape index (κ1) is 18.2. The summed E-state index contributed by atoms with van der Waals surface area (Å²) in [5.41, 5.74) is 1.90. The molecular weight excluding hydrogens is 354 g/mol. The van der Waals surface area contributed by atoms with Crippen molar-refractivity contribution in [3.63, 3.8) is 0 Å². The van der Waals surface area contributed by atoms with Crippen LogP contribution in [-0.2, 0) is 17.8 Å². The molecule has 2 heterocycles. The van der Waals surface area contributed by atoms with Crippen LogP contribution in [0.4, 0.5) is 0 Å². The fourth-order valence-corrected chi connectivity index (χ4v) is 3.17. The Kier molecular flexibility index (Phi) is 5.32. The fourth-order valence-electron chi connectivity index (χ4n) is 3.17. The molecule has 2 aromatic heterocycles. The smallest absolute Gasteiger partial charge is 0.230 e. The molecule has 0 saturated heterocycles. The number of para-hydroxylation sites is 1. The Bertz CT molecular complexity index is 937. The number of nitrogens with zero attached hydrogens (tertiary/aromatic N) is 4. The summed E-state index contributed by atoms with van der Waals surface area (Å²) < 4.78 is 5.72. The number of carbonyl (C=O) groups is 1. The number of benzene rings is 1. The van der Waals surface area contributed by atoms with Crippen molar-refractivity contribution in [1.82, 2.24) is 25.1 Å². The van der Waals surface area contributed by atoms with Gasteiger partial charge in [0.2, 0.25) is 5.91 Å². The van der Waals surface area contributed by atoms with E-state index in [1.54, 1.807) is 12.4 Å². The third-order valence-corrected chi connectivity index (χ3v) is 4.71. The van der Waals surface area contributed by atoms with E-state index < -0.39 is 0 Å². The molecule has 7 heteroatoms. The van der Waals surface area contributed by atoms with Crippen LogP contribution in [-0.4, -0.2) is 43.6 Å². The Hall–Kier alpha value is -3.22. The molecule has 0 bridgehead atoms. The summed E-state index contributed by atoms with van der Waals surface area (Å²) in [4.78, 5) is 23.4. The predicted octanol–water partition coefficient (Wildman–Crippen LogP) is 3.00. The minimum Gasteiger partial charge on any atom is -0.494 e. The van der Waals surface area contributed by atoms with Crippen LogP contribution in [0.5, 0.6) is 5.75 Å². The van der Waals surface area contributed by atoms with Gasteiger partial charge in [-0.2, -0.15) is 5.10 Å². The van der Waals surface area contributed by atoms with Gasteiger partial charge in [0, 0.05) is 36.1 Å². The normalized spacial score (nSPS) is 13.3. The van der Waals surface area contributed by atoms with Crippen molar-refractivity contribution in [3.8, 4) is 17.1 Å². The number of pyridine rings is 1. The van der Waals surface area contributed by atoms with Gasteiger partial charge < -0.3 is 9.64 Å². The van der Waals surface area contributed by atoms with Crippen LogP contribution >= 0.6 is 0 Å². The molecule has 4 rings (SSSR count). The molecule has 0 atom stereocenters. The van der Waals surface area contributed by atoms with E-state index in [2.05, 4.69) is 20.2 Å². The van der Waals surface area contributed by atoms with E-state index in [4.69, 9.17) is 4.74 Å². The monoisotopic (exact) mass is 377 g/mol. The zero-order valence-corrected chi connectivity index (χ0v) is 15.8. The molecule has 1 aliphatic rings. The first-order chi connectivity index (χ1) is 13.7. The minimum atomic E-state index is 0.0474. The molecule has 1 aromatic carbocycles. The molecule has 0 aliphatic heterocycles. The number of H-pyrrole nitrogens is 1. The van der Waals surface area contributed by atoms with E-state index >= 15 is 0 Å². The lowest BCUT2D eigenvalue weighted by Gasteiger charge is -2.23. The highest BCUT2D eigenvalue weighted by Gasteiger charge is 2.33. The molecule has 1 N–H and O–H groups in total. The second-order valence-corrected chi connectivity index (χ2v) is 6.81. The lowest BCUT2D eigenvalue weighted by atomic mass is 10.1. The van der Waals surface area contributed by atoms with Gasteiger partial charge in [-0.25, -0.2) is 4.98 Å². The van der Waals surface area contributed by atoms with Crippen molar-refractivity contribution in [1.29, 1.82) is 0 Å². The van der Waals surface area contributed by atoms with E-state index in [0.29, 0.717) is 30.8 Å². The van der Waals surface area contributed by atoms with Crippen molar-refractivity contribution in [2.75, 3.05) is 6.61 Å². The maximum atomic E-state index is 13.0. The Balaban J connectivity index is 1.47. The molecule has 1 amide bonds. The van der Waals surface area contributed by atoms with Crippen LogP contribution < -0.4 is 4.74 Å². The van der Waals surface area contributed by atoms with E-state index in [9.17, 15) is 4.79 Å². The summed E-state index contributed by atoms with van der Waals surface area (Å²) in [5, 5.41) is 7.12. The van der Waals surface area contributed by atoms with Gasteiger partial charge in [-0.15, -0.1) is 0 Å². The van der Waals surface area contributed by atoms with Crippen LogP contribution in [0.25, 0.3) is 11.4 Å². The number of nitrogens with one attached hydrogen (secondary N) is 1. The summed E-state index contributed by atoms with van der Waals surface area (Å²) in [6, 6.07) is 11.9. The number of carbonyl (C=O) groups excluding carboxylic acids is 1. The van der Waals surface area contributed by atoms with Gasteiger partial charge in [-0.1, -0.05) is 18.2 Å². The summed E-state index contributed by atoms with van der Waals surface area (Å²) >= 11 is 0. The van der Waals surface area contributed by atoms with Gasteiger partial charge >= 0.3 is 0 Å². The molecule has 144 valence electrons. The molecule has 7 nitrogen and oxygen atoms in total. The highest BCUT2D eigenvalue weighted by Crippen LogP contribution is 2.31. The van der Waals surface area contributed by atoms with E-state index in [1.807, 2.05) is 48.2 Å². The topological polar surface area (TPSA) is 84.0 Å². The average Bonchev–Trinajstić information content (AvgIpc) is 3.46. The van der Waals surface area contributed by atoms with Crippen molar-refractivity contribution in [2.45, 2.75) is 38.8 Å². The van der Waals surface area contributed by atoms with Crippen LogP contribution in [0.3, 0.4) is 0 Å². The number of aromatic nitrogens is 4. The number of aromatic amines is 1. The summed E-state index contributed by atoms with van der Waals surface area (Å²) in [7, 11) is 0. The van der Waals surface area contributed by atoms with Gasteiger partial charge in [-0.3, -0.25) is 14.9 Å². The highest BCUT2D eigenvalue weighted by molar-refractivity contribution is 5.79. The Morgan fingerprint density at radius 1 is 1.21 bits per heavy atom. The third-order valence-electron chi connectivity index (χ3n) is 4.71. The minimum absolute atomic E-state index is 0.0474. The second-order valence-electron chi connectivity index (χ2n) is 6.81. The summed E-state index contributed by atoms with van der Waals surface area (Å²) in [6.07, 6.45) is 5.68. The molecule has 28 heavy (non-hydrogen) atoms. The molecule has 0 unspecified atom stereocenters. The average molecular weight is 377 g/mol. The highest BCUT2D eigenvalue weighted by atomic mass is 16.5. The van der Waals surface area contributed by atoms with Crippen molar-refractivity contribution in [2.24, 2.45) is 0 Å². The van der Waals surface area contributed by atoms with Gasteiger partial charge in [0.15, 0.2) is 5.82 Å². The summed E-state index contributed by atoms with van der Waals surface area (Å²) in [5.74, 6) is 2.03. The quantitative estimate of drug-likeness (QED) is 0.652. The Labute approximate surface area is 163 Å². The van der Waals surface area contributed by atoms with Crippen molar-refractivity contribution in [3.05, 3.63) is 60.2 Å². The van der Waals surface area contributed by atoms with Gasteiger partial charge in [-0.05, 0) is 38.0 Å². The standard InChI is InChI=1S/C21H23N5O2/c1-2-28-18-6-4-3-5-16(18)14-26(17-7-8-17)20(27)13-19-23-21(25-24-19)15-9-11-22-12-10-15/h3-6,9-12,17H,2,7-8,13-14H2,1H3,(H,23,24,25). The molecule has 1 saturated carbocycles. The van der Waals surface area contributed by atoms with Crippen LogP contribution in [0, 0.1) is 0 Å². The molecule has 0 radical (unpaired) electrons. The molecular formula is C21H23N5O2. The number of rotatable bonds is 8. The van der Waals surface area contributed by atoms with Gasteiger partial charge in [0.05, 0.1) is 13.0 Å². The van der Waals surface area contributed by atoms with E-state index in [0.717, 1.165) is 29.7 Å². The van der Waals surface area contributed by atoms with Gasteiger partial charge in [0.25, 0.3) is 0 Å². The van der Waals surface area contributed by atoms with E-state index in [1.165, 1.54) is 0 Å². The largest absolute Gasteiger partial charge is 0.494 e. The molecule has 1 aliphatic carbocycles. The van der Waals surface area contributed by atoms with Crippen LogP contribution in [0.1, 0.15) is 31.2 Å². The van der Waals surface area contributed by atoms with Crippen molar-refractivity contribution < 1.29 is 9.53 Å². The zero-order chi connectivity index (χ0) is 19.3. The first-order valence-electron chi connectivity index (χ1n) is 9.56. The number of hydrogen-bond acceptors (Lipinski definition) is 5.